The van der Waals surface area contributed by atoms with Gasteiger partial charge in [0, 0.05) is 82.9 Å². The Hall–Kier alpha value is -12.8. The van der Waals surface area contributed by atoms with Gasteiger partial charge in [0.2, 0.25) is 0 Å². The Morgan fingerprint density at radius 2 is 0.648 bits per heavy atom. The van der Waals surface area contributed by atoms with Crippen molar-refractivity contribution in [3.05, 3.63) is 338 Å². The lowest BCUT2D eigenvalue weighted by atomic mass is 9.33. The highest BCUT2D eigenvalue weighted by atomic mass is 16.3. The van der Waals surface area contributed by atoms with Gasteiger partial charge in [-0.15, -0.1) is 0 Å². The number of fused-ring (bicyclic) bond motifs is 16. The zero-order chi connectivity index (χ0) is 91.0. The molecule has 2 aliphatic rings. The summed E-state index contributed by atoms with van der Waals surface area (Å²) in [5, 5.41) is 0.0527. The van der Waals surface area contributed by atoms with Gasteiger partial charge in [-0.3, -0.25) is 0 Å². The first kappa shape index (κ1) is 41.3. The third-order valence-corrected chi connectivity index (χ3v) is 21.0. The van der Waals surface area contributed by atoms with Crippen LogP contribution in [0.1, 0.15) is 85.6 Å². The van der Waals surface area contributed by atoms with Gasteiger partial charge in [0.05, 0.1) is 77.4 Å². The third kappa shape index (κ3) is 9.30. The maximum atomic E-state index is 9.88. The summed E-state index contributed by atoms with van der Waals surface area (Å²) in [6.07, 6.45) is 0. The van der Waals surface area contributed by atoms with Crippen molar-refractivity contribution in [2.24, 2.45) is 0 Å². The zero-order valence-corrected chi connectivity index (χ0v) is 57.5. The monoisotopic (exact) mass is 1370 g/mol. The second-order valence-electron chi connectivity index (χ2n) is 29.1. The lowest BCUT2D eigenvalue weighted by molar-refractivity contribution is 0.569. The lowest BCUT2D eigenvalue weighted by Gasteiger charge is -2.45. The van der Waals surface area contributed by atoms with Gasteiger partial charge in [0.1, 0.15) is 0 Å². The van der Waals surface area contributed by atoms with Crippen LogP contribution in [0.4, 0.5) is 34.1 Å². The molecule has 7 heteroatoms. The molecule has 0 saturated heterocycles. The molecule has 21 rings (SSSR count). The van der Waals surface area contributed by atoms with E-state index in [1.165, 1.54) is 13.7 Å². The second kappa shape index (κ2) is 22.8. The van der Waals surface area contributed by atoms with E-state index in [0.717, 1.165) is 38.9 Å². The average molecular weight is 1370 g/mol. The number of nitrogens with zero attached hydrogens (tertiary/aromatic N) is 5. The minimum Gasteiger partial charge on any atom is -0.452 e. The Bertz CT molecular complexity index is 8030. The molecule has 0 fully saturated rings. The van der Waals surface area contributed by atoms with E-state index in [-0.39, 0.29) is 93.6 Å². The first-order chi connectivity index (χ1) is 61.3. The smallest absolute Gasteiger partial charge is 0.252 e. The van der Waals surface area contributed by atoms with E-state index < -0.39 is 163 Å². The van der Waals surface area contributed by atoms with Crippen LogP contribution >= 0.6 is 0 Å². The molecule has 0 saturated carbocycles. The van der Waals surface area contributed by atoms with E-state index in [9.17, 15) is 21.9 Å². The molecular formula is C98H72BN5O. The Kier molecular flexibility index (Phi) is 8.98. The summed E-state index contributed by atoms with van der Waals surface area (Å²) in [5.74, 6) is 0. The highest BCUT2D eigenvalue weighted by Gasteiger charge is 2.45. The molecule has 0 radical (unpaired) electrons. The molecule has 0 spiro atoms. The normalized spacial score (nSPS) is 16.2. The van der Waals surface area contributed by atoms with Gasteiger partial charge >= 0.3 is 0 Å². The average Bonchev–Trinajstić information content (AvgIpc) is 1.67. The van der Waals surface area contributed by atoms with E-state index in [4.69, 9.17) is 15.4 Å². The van der Waals surface area contributed by atoms with E-state index in [1.807, 2.05) is 114 Å². The van der Waals surface area contributed by atoms with Gasteiger partial charge in [-0.25, -0.2) is 0 Å². The van der Waals surface area contributed by atoms with Crippen LogP contribution in [0.25, 0.3) is 138 Å². The van der Waals surface area contributed by atoms with Crippen molar-refractivity contribution in [1.82, 2.24) is 13.7 Å². The summed E-state index contributed by atoms with van der Waals surface area (Å²) < 4.78 is 238. The summed E-state index contributed by atoms with van der Waals surface area (Å²) in [5.41, 5.74) is 10.7. The predicted octanol–water partition coefficient (Wildman–Crippen LogP) is 24.6. The molecule has 15 aromatic carbocycles. The Labute approximate surface area is 643 Å². The molecule has 0 N–H and O–H groups in total. The second-order valence-corrected chi connectivity index (χ2v) is 29.1. The van der Waals surface area contributed by atoms with Gasteiger partial charge in [0.15, 0.2) is 11.2 Å². The van der Waals surface area contributed by atoms with E-state index in [2.05, 4.69) is 95.0 Å². The highest BCUT2D eigenvalue weighted by molar-refractivity contribution is 7.00. The van der Waals surface area contributed by atoms with E-state index in [1.54, 1.807) is 24.3 Å². The molecule has 105 heavy (non-hydrogen) atoms. The number of rotatable bonds is 8. The molecule has 2 aliphatic heterocycles. The van der Waals surface area contributed by atoms with Crippen LogP contribution in [-0.4, -0.2) is 20.4 Å². The number of para-hydroxylation sites is 8. The number of furan rings is 1. The van der Waals surface area contributed by atoms with Crippen LogP contribution < -0.4 is 26.2 Å². The number of anilines is 6. The fourth-order valence-electron chi connectivity index (χ4n) is 16.1. The van der Waals surface area contributed by atoms with Crippen LogP contribution in [0, 0.1) is 0 Å². The number of benzene rings is 15. The quantitative estimate of drug-likeness (QED) is 0.142. The first-order valence-corrected chi connectivity index (χ1v) is 34.8. The SMILES string of the molecule is [2H]c1c([2H])c([2H])c2c(c1[2H])c1c([2H])c([2H])c([2H])c([2H])c1n2-c1ccc2c(c1)N(c1cc(-c3ccccc3)cc(-c3ccccc3)c1)c1cc(-c3cc(C(C)(C)C)cc(C(C)(C)C)c3)cc3c1B2c1ccc(-n2c4c([2H])c([2H])c([2H])c([2H])c4c4c([2H])c([2H])c([2H])c([2H])c42)cc1N3c1cccc2c1oc1c(-n3c4c([2H])c([2H])c([2H])c([2H])c4c4c([2H])c([2H])c([2H])c([2H])c43)cccc12. The molecule has 498 valence electrons. The first-order valence-electron chi connectivity index (χ1n) is 46.8. The standard InChI is InChI=1S/C98H72BN5O/c1-97(2,3)67-52-65(53-68(58-67)98(4,5)6)66-56-92-94-93(57-66)104(89-46-26-38-79-78-37-25-45-88(95(78)105-96(79)89)103-86-43-23-17-35-76(86)77-36-18-24-44-87(77)103)91-60-70(101-84-41-21-15-33-74(84)75-34-16-22-42-85(75)101)48-50-81(91)99(94)80-49-47-69(100-82-39-19-13-31-72(82)73-32-14-20-40-83(73)100)59-90(80)102(92)71-54-63(61-27-9-7-10-28-61)51-64(55-71)62-29-11-8-12-30-62/h7-60H,1-6H3/i13D,14D,15D,16D,17D,18D,19D,20D,21D,22D,23D,24D,31D,32D,33D,34D,35D,36D,39D,40D,41D,42D,43D,44D. The molecule has 0 atom stereocenters. The van der Waals surface area contributed by atoms with E-state index in [0.29, 0.717) is 66.8 Å². The van der Waals surface area contributed by atoms with Crippen LogP contribution in [0.3, 0.4) is 0 Å². The minimum absolute atomic E-state index is 0.116. The van der Waals surface area contributed by atoms with Crippen LogP contribution in [-0.2, 0) is 10.8 Å². The van der Waals surface area contributed by atoms with Gasteiger partial charge in [-0.2, -0.15) is 0 Å². The Morgan fingerprint density at radius 1 is 0.276 bits per heavy atom. The van der Waals surface area contributed by atoms with Crippen molar-refractivity contribution in [3.63, 3.8) is 0 Å². The predicted molar refractivity (Wildman–Crippen MR) is 444 cm³/mol. The summed E-state index contributed by atoms with van der Waals surface area (Å²) in [4.78, 5) is 4.20. The lowest BCUT2D eigenvalue weighted by Crippen LogP contribution is -2.61. The van der Waals surface area contributed by atoms with Crippen molar-refractivity contribution in [2.75, 3.05) is 9.80 Å². The fourth-order valence-corrected chi connectivity index (χ4v) is 16.1. The number of hydrogen-bond acceptors (Lipinski definition) is 3. The maximum absolute atomic E-state index is 9.88. The van der Waals surface area contributed by atoms with Gasteiger partial charge in [-0.1, -0.05) is 266 Å². The number of aromatic nitrogens is 3. The van der Waals surface area contributed by atoms with Gasteiger partial charge < -0.3 is 27.9 Å². The van der Waals surface area contributed by atoms with Crippen LogP contribution in [0.2, 0.25) is 0 Å². The van der Waals surface area contributed by atoms with Gasteiger partial charge in [0.25, 0.3) is 6.71 Å². The van der Waals surface area contributed by atoms with Crippen molar-refractivity contribution in [1.29, 1.82) is 0 Å². The van der Waals surface area contributed by atoms with Crippen molar-refractivity contribution in [3.8, 4) is 50.4 Å². The number of hydrogen-bond donors (Lipinski definition) is 0. The Morgan fingerprint density at radius 3 is 1.09 bits per heavy atom. The summed E-state index contributed by atoms with van der Waals surface area (Å²) in [7, 11) is 0. The van der Waals surface area contributed by atoms with Crippen LogP contribution in [0.15, 0.2) is 331 Å². The fraction of sp³-hybridized carbons (Fsp3) is 0.0816. The van der Waals surface area contributed by atoms with Crippen LogP contribution in [0.5, 0.6) is 0 Å². The maximum Gasteiger partial charge on any atom is 0.252 e. The molecule has 0 amide bonds. The summed E-state index contributed by atoms with van der Waals surface area (Å²) in [6.45, 7) is 12.0. The third-order valence-electron chi connectivity index (χ3n) is 21.0. The molecule has 0 aliphatic carbocycles. The molecule has 4 aromatic heterocycles. The van der Waals surface area contributed by atoms with Crippen molar-refractivity contribution >= 4 is 145 Å². The molecule has 0 bridgehead atoms. The summed E-state index contributed by atoms with van der Waals surface area (Å²) in [6, 6.07) is 44.8. The minimum atomic E-state index is -0.918. The topological polar surface area (TPSA) is 34.4 Å². The zero-order valence-electron chi connectivity index (χ0n) is 81.5. The summed E-state index contributed by atoms with van der Waals surface area (Å²) >= 11 is 0. The van der Waals surface area contributed by atoms with Crippen molar-refractivity contribution in [2.45, 2.75) is 52.4 Å². The van der Waals surface area contributed by atoms with E-state index >= 15 is 0 Å². The van der Waals surface area contributed by atoms with Gasteiger partial charge in [-0.05, 0) is 175 Å². The highest BCUT2D eigenvalue weighted by Crippen LogP contribution is 2.52. The largest absolute Gasteiger partial charge is 0.452 e. The van der Waals surface area contributed by atoms with Crippen molar-refractivity contribution < 1.29 is 37.3 Å². The molecule has 19 aromatic rings. The Balaban J connectivity index is 0.959. The molecule has 0 unspecified atom stereocenters. The molecule has 6 nitrogen and oxygen atoms in total. The molecule has 6 heterocycles. The molecular weight excluding hydrogens is 1270 g/mol.